The number of anilines is 2. The summed E-state index contributed by atoms with van der Waals surface area (Å²) in [5.41, 5.74) is 10.7. The zero-order valence-corrected chi connectivity index (χ0v) is 13.6. The number of nitrogens with two attached hydrogens (primary N) is 2. The van der Waals surface area contributed by atoms with Crippen molar-refractivity contribution in [3.8, 4) is 11.9 Å². The molecule has 0 aliphatic rings. The third kappa shape index (κ3) is 6.59. The monoisotopic (exact) mass is 346 g/mol. The summed E-state index contributed by atoms with van der Waals surface area (Å²) < 4.78 is 10.3. The van der Waals surface area contributed by atoms with Crippen molar-refractivity contribution in [2.75, 3.05) is 24.7 Å². The summed E-state index contributed by atoms with van der Waals surface area (Å²) in [4.78, 5) is 15.0. The van der Waals surface area contributed by atoms with E-state index in [1.165, 1.54) is 6.07 Å². The Morgan fingerprint density at radius 1 is 0.909 bits per heavy atom. The van der Waals surface area contributed by atoms with E-state index < -0.39 is 0 Å². The molecule has 8 nitrogen and oxygen atoms in total. The van der Waals surface area contributed by atoms with Gasteiger partial charge in [0.1, 0.15) is 16.8 Å². The van der Waals surface area contributed by atoms with Crippen molar-refractivity contribution in [1.82, 2.24) is 19.9 Å². The molecule has 0 atom stereocenters. The molecule has 0 aliphatic carbocycles. The molecule has 0 radical (unpaired) electrons. The van der Waals surface area contributed by atoms with Crippen molar-refractivity contribution in [2.24, 2.45) is 0 Å². The summed E-state index contributed by atoms with van der Waals surface area (Å²) in [6.07, 6.45) is 0. The molecule has 0 unspecified atom stereocenters. The van der Waals surface area contributed by atoms with Crippen LogP contribution in [0.15, 0.2) is 12.1 Å². The van der Waals surface area contributed by atoms with Crippen LogP contribution in [-0.2, 0) is 0 Å². The lowest BCUT2D eigenvalue weighted by molar-refractivity contribution is 0.289. The lowest BCUT2D eigenvalue weighted by atomic mass is 10.6. The molecule has 10 heteroatoms. The van der Waals surface area contributed by atoms with Crippen molar-refractivity contribution < 1.29 is 9.47 Å². The molecule has 120 valence electrons. The number of hydrogen-bond donors (Lipinski definition) is 2. The van der Waals surface area contributed by atoms with E-state index in [0.29, 0.717) is 24.9 Å². The van der Waals surface area contributed by atoms with Gasteiger partial charge in [-0.05, 0) is 25.4 Å². The zero-order chi connectivity index (χ0) is 16.5. The van der Waals surface area contributed by atoms with E-state index in [4.69, 9.17) is 44.1 Å². The fraction of sp³-hybridized carbons (Fsp3) is 0.333. The minimum atomic E-state index is 0.0694. The van der Waals surface area contributed by atoms with Crippen LogP contribution in [-0.4, -0.2) is 33.1 Å². The summed E-state index contributed by atoms with van der Waals surface area (Å²) >= 11 is 10.8. The van der Waals surface area contributed by atoms with Gasteiger partial charge in [-0.1, -0.05) is 11.6 Å². The predicted octanol–water partition coefficient (Wildman–Crippen LogP) is 2.22. The molecule has 22 heavy (non-hydrogen) atoms. The van der Waals surface area contributed by atoms with Crippen LogP contribution in [0.25, 0.3) is 0 Å². The largest absolute Gasteiger partial charge is 0.478 e. The second kappa shape index (κ2) is 9.06. The van der Waals surface area contributed by atoms with E-state index in [2.05, 4.69) is 19.9 Å². The van der Waals surface area contributed by atoms with Crippen LogP contribution >= 0.6 is 23.2 Å². The lowest BCUT2D eigenvalue weighted by Crippen LogP contribution is -2.03. The molecule has 2 heterocycles. The van der Waals surface area contributed by atoms with Gasteiger partial charge in [0.2, 0.25) is 11.2 Å². The zero-order valence-electron chi connectivity index (χ0n) is 12.1. The van der Waals surface area contributed by atoms with Gasteiger partial charge in [0.25, 0.3) is 0 Å². The molecule has 2 aromatic rings. The minimum absolute atomic E-state index is 0.0694. The summed E-state index contributed by atoms with van der Waals surface area (Å²) in [5.74, 6) is 1.07. The summed E-state index contributed by atoms with van der Waals surface area (Å²) in [7, 11) is 0. The highest BCUT2D eigenvalue weighted by molar-refractivity contribution is 6.32. The number of ether oxygens (including phenoxy) is 2. The Bertz CT molecular complexity index is 539. The molecular formula is C12H16Cl2N6O2. The molecule has 2 aromatic heterocycles. The van der Waals surface area contributed by atoms with Crippen molar-refractivity contribution >= 4 is 34.8 Å². The first-order valence-corrected chi connectivity index (χ1v) is 7.05. The van der Waals surface area contributed by atoms with E-state index in [1.54, 1.807) is 6.07 Å². The Morgan fingerprint density at radius 2 is 1.55 bits per heavy atom. The Hall–Kier alpha value is -2.06. The van der Waals surface area contributed by atoms with Crippen LogP contribution < -0.4 is 20.9 Å². The van der Waals surface area contributed by atoms with Crippen molar-refractivity contribution in [1.29, 1.82) is 0 Å². The quantitative estimate of drug-likeness (QED) is 0.638. The molecule has 0 bridgehead atoms. The maximum Gasteiger partial charge on any atom is 0.321 e. The topological polar surface area (TPSA) is 122 Å². The fourth-order valence-corrected chi connectivity index (χ4v) is 1.67. The molecule has 0 aliphatic heterocycles. The lowest BCUT2D eigenvalue weighted by Gasteiger charge is -2.05. The number of nitrogens with zero attached hydrogens (tertiary/aromatic N) is 4. The Labute approximate surface area is 137 Å². The summed E-state index contributed by atoms with van der Waals surface area (Å²) in [5, 5.41) is 0.326. The van der Waals surface area contributed by atoms with E-state index >= 15 is 0 Å². The standard InChI is InChI=1S/C8H13N3O2.C4H3Cl2N3/c1-3-12-7-5-6(9)10-8(11-7)13-4-2;5-2-1-3(7)9-4(6)8-2/h5H,3-4H2,1-2H3,(H2,9,10,11);1H,(H2,7,8,9). The molecule has 0 saturated carbocycles. The molecule has 0 aromatic carbocycles. The van der Waals surface area contributed by atoms with Crippen molar-refractivity contribution in [2.45, 2.75) is 13.8 Å². The average molecular weight is 347 g/mol. The Morgan fingerprint density at radius 3 is 2.09 bits per heavy atom. The van der Waals surface area contributed by atoms with Crippen LogP contribution in [0, 0.1) is 0 Å². The number of aromatic nitrogens is 4. The number of rotatable bonds is 4. The highest BCUT2D eigenvalue weighted by atomic mass is 35.5. The first kappa shape index (κ1) is 18.0. The second-order valence-electron chi connectivity index (χ2n) is 3.66. The second-order valence-corrected chi connectivity index (χ2v) is 4.39. The summed E-state index contributed by atoms with van der Waals surface area (Å²) in [6, 6.07) is 3.24. The van der Waals surface area contributed by atoms with E-state index in [0.717, 1.165) is 0 Å². The van der Waals surface area contributed by atoms with E-state index in [-0.39, 0.29) is 22.3 Å². The van der Waals surface area contributed by atoms with Gasteiger partial charge in [-0.15, -0.1) is 0 Å². The van der Waals surface area contributed by atoms with Gasteiger partial charge in [0.05, 0.1) is 13.2 Å². The number of hydrogen-bond acceptors (Lipinski definition) is 8. The van der Waals surface area contributed by atoms with Crippen LogP contribution in [0.2, 0.25) is 10.4 Å². The molecule has 0 spiro atoms. The third-order valence-corrected chi connectivity index (χ3v) is 2.32. The highest BCUT2D eigenvalue weighted by Crippen LogP contribution is 2.15. The minimum Gasteiger partial charge on any atom is -0.478 e. The molecule has 0 amide bonds. The third-order valence-electron chi connectivity index (χ3n) is 1.96. The smallest absolute Gasteiger partial charge is 0.321 e. The Kier molecular flexibility index (Phi) is 7.41. The molecule has 2 rings (SSSR count). The van der Waals surface area contributed by atoms with Gasteiger partial charge in [0.15, 0.2) is 0 Å². The fourth-order valence-electron chi connectivity index (χ4n) is 1.24. The molecular weight excluding hydrogens is 331 g/mol. The maximum absolute atomic E-state index is 5.51. The Balaban J connectivity index is 0.000000235. The predicted molar refractivity (Wildman–Crippen MR) is 85.2 cm³/mol. The average Bonchev–Trinajstić information content (AvgIpc) is 2.37. The van der Waals surface area contributed by atoms with Crippen LogP contribution in [0.1, 0.15) is 13.8 Å². The molecule has 0 fully saturated rings. The van der Waals surface area contributed by atoms with Gasteiger partial charge >= 0.3 is 6.01 Å². The van der Waals surface area contributed by atoms with Gasteiger partial charge in [-0.25, -0.2) is 9.97 Å². The van der Waals surface area contributed by atoms with Crippen LogP contribution in [0.4, 0.5) is 11.6 Å². The van der Waals surface area contributed by atoms with Gasteiger partial charge < -0.3 is 20.9 Å². The molecule has 4 N–H and O–H groups in total. The van der Waals surface area contributed by atoms with Gasteiger partial charge in [-0.2, -0.15) is 9.97 Å². The maximum atomic E-state index is 5.51. The number of halogens is 2. The van der Waals surface area contributed by atoms with Crippen LogP contribution in [0.3, 0.4) is 0 Å². The first-order valence-electron chi connectivity index (χ1n) is 6.30. The molecule has 0 saturated heterocycles. The van der Waals surface area contributed by atoms with Crippen LogP contribution in [0.5, 0.6) is 11.9 Å². The summed E-state index contributed by atoms with van der Waals surface area (Å²) in [6.45, 7) is 4.78. The van der Waals surface area contributed by atoms with Crippen molar-refractivity contribution in [3.63, 3.8) is 0 Å². The van der Waals surface area contributed by atoms with Gasteiger partial charge in [0, 0.05) is 12.1 Å². The van der Waals surface area contributed by atoms with E-state index in [1.807, 2.05) is 13.8 Å². The SMILES string of the molecule is CCOc1cc(N)nc(OCC)n1.Nc1cc(Cl)nc(Cl)n1. The van der Waals surface area contributed by atoms with Gasteiger partial charge in [-0.3, -0.25) is 0 Å². The normalized spacial score (nSPS) is 9.64. The van der Waals surface area contributed by atoms with E-state index in [9.17, 15) is 0 Å². The highest BCUT2D eigenvalue weighted by Gasteiger charge is 2.02. The first-order chi connectivity index (χ1) is 10.4. The number of nitrogen functional groups attached to an aromatic ring is 2. The van der Waals surface area contributed by atoms with Crippen molar-refractivity contribution in [3.05, 3.63) is 22.6 Å².